The second kappa shape index (κ2) is 5.93. The largest absolute Gasteiger partial charge is 0.398 e. The van der Waals surface area contributed by atoms with Gasteiger partial charge in [-0.25, -0.2) is 0 Å². The topological polar surface area (TPSA) is 38.9 Å². The molecule has 2 aromatic rings. The van der Waals surface area contributed by atoms with Gasteiger partial charge in [0, 0.05) is 32.4 Å². The number of fused-ring (bicyclic) bond motifs is 1. The molecule has 1 aromatic carbocycles. The molecule has 0 aliphatic heterocycles. The lowest BCUT2D eigenvalue weighted by Gasteiger charge is -2.11. The van der Waals surface area contributed by atoms with Gasteiger partial charge < -0.3 is 5.73 Å². The van der Waals surface area contributed by atoms with Gasteiger partial charge in [-0.15, -0.1) is 11.8 Å². The quantitative estimate of drug-likeness (QED) is 0.653. The van der Waals surface area contributed by atoms with Gasteiger partial charge in [0.05, 0.1) is 5.52 Å². The molecule has 0 aliphatic carbocycles. The predicted octanol–water partition coefficient (Wildman–Crippen LogP) is 4.72. The van der Waals surface area contributed by atoms with Gasteiger partial charge in [-0.1, -0.05) is 20.3 Å². The maximum atomic E-state index is 6.01. The first-order chi connectivity index (χ1) is 8.61. The van der Waals surface area contributed by atoms with Crippen LogP contribution in [0.3, 0.4) is 0 Å². The third-order valence-electron chi connectivity index (χ3n) is 3.03. The van der Waals surface area contributed by atoms with Crippen molar-refractivity contribution < 1.29 is 0 Å². The van der Waals surface area contributed by atoms with Crippen molar-refractivity contribution in [2.24, 2.45) is 5.92 Å². The summed E-state index contributed by atoms with van der Waals surface area (Å²) in [6, 6.07) is 6.08. The van der Waals surface area contributed by atoms with Gasteiger partial charge in [0.2, 0.25) is 0 Å². The smallest absolute Gasteiger partial charge is 0.0859 e. The zero-order valence-electron chi connectivity index (χ0n) is 10.6. The fraction of sp³-hybridized carbons (Fsp3) is 0.357. The predicted molar refractivity (Wildman–Crippen MR) is 84.0 cm³/mol. The summed E-state index contributed by atoms with van der Waals surface area (Å²) in [6.45, 7) is 4.50. The fourth-order valence-electron chi connectivity index (χ4n) is 1.66. The van der Waals surface area contributed by atoms with Crippen molar-refractivity contribution in [3.8, 4) is 0 Å². The molecule has 1 heterocycles. The van der Waals surface area contributed by atoms with E-state index in [1.807, 2.05) is 30.1 Å². The summed E-state index contributed by atoms with van der Waals surface area (Å²) in [6.07, 6.45) is 3.04. The minimum Gasteiger partial charge on any atom is -0.398 e. The van der Waals surface area contributed by atoms with Gasteiger partial charge >= 0.3 is 0 Å². The molecule has 0 fully saturated rings. The van der Waals surface area contributed by atoms with E-state index in [1.165, 1.54) is 11.3 Å². The first-order valence-electron chi connectivity index (χ1n) is 6.08. The minimum atomic E-state index is 0.720. The molecule has 1 unspecified atom stereocenters. The number of pyridine rings is 1. The summed E-state index contributed by atoms with van der Waals surface area (Å²) in [5.74, 6) is 1.84. The molecule has 1 aromatic heterocycles. The van der Waals surface area contributed by atoms with Gasteiger partial charge in [-0.05, 0) is 40.0 Å². The molecule has 2 nitrogen and oxygen atoms in total. The Morgan fingerprint density at radius 2 is 2.22 bits per heavy atom. The van der Waals surface area contributed by atoms with E-state index in [4.69, 9.17) is 5.73 Å². The van der Waals surface area contributed by atoms with Crippen LogP contribution in [0.15, 0.2) is 33.8 Å². The number of rotatable bonds is 4. The van der Waals surface area contributed by atoms with Gasteiger partial charge in [-0.3, -0.25) is 4.98 Å². The minimum absolute atomic E-state index is 0.720. The van der Waals surface area contributed by atoms with Crippen molar-refractivity contribution in [3.63, 3.8) is 0 Å². The SMILES string of the molecule is CCC(C)CSc1ccc(N)c2cc(Br)cnc12. The van der Waals surface area contributed by atoms with E-state index in [1.54, 1.807) is 0 Å². The average Bonchev–Trinajstić information content (AvgIpc) is 2.38. The number of nitrogen functional groups attached to an aromatic ring is 1. The van der Waals surface area contributed by atoms with Crippen LogP contribution in [-0.2, 0) is 0 Å². The zero-order chi connectivity index (χ0) is 13.1. The molecule has 0 radical (unpaired) electrons. The van der Waals surface area contributed by atoms with E-state index in [9.17, 15) is 0 Å². The summed E-state index contributed by atoms with van der Waals surface area (Å²) < 4.78 is 0.964. The normalized spacial score (nSPS) is 12.8. The van der Waals surface area contributed by atoms with Crippen molar-refractivity contribution in [1.29, 1.82) is 0 Å². The molecule has 2 N–H and O–H groups in total. The number of nitrogens with zero attached hydrogens (tertiary/aromatic N) is 1. The summed E-state index contributed by atoms with van der Waals surface area (Å²) >= 11 is 5.30. The highest BCUT2D eigenvalue weighted by molar-refractivity contribution is 9.10. The van der Waals surface area contributed by atoms with E-state index >= 15 is 0 Å². The molecule has 18 heavy (non-hydrogen) atoms. The van der Waals surface area contributed by atoms with Gasteiger partial charge in [0.15, 0.2) is 0 Å². The van der Waals surface area contributed by atoms with E-state index in [-0.39, 0.29) is 0 Å². The Kier molecular flexibility index (Phi) is 4.51. The monoisotopic (exact) mass is 324 g/mol. The number of hydrogen-bond donors (Lipinski definition) is 1. The Morgan fingerprint density at radius 1 is 1.44 bits per heavy atom. The number of thioether (sulfide) groups is 1. The van der Waals surface area contributed by atoms with Crippen LogP contribution in [0.25, 0.3) is 10.9 Å². The van der Waals surface area contributed by atoms with Crippen LogP contribution in [0.5, 0.6) is 0 Å². The molecule has 0 saturated carbocycles. The maximum absolute atomic E-state index is 6.01. The van der Waals surface area contributed by atoms with Gasteiger partial charge in [0.25, 0.3) is 0 Å². The lowest BCUT2D eigenvalue weighted by atomic mass is 10.2. The van der Waals surface area contributed by atoms with Crippen LogP contribution in [0.2, 0.25) is 0 Å². The fourth-order valence-corrected chi connectivity index (χ4v) is 3.15. The van der Waals surface area contributed by atoms with Crippen LogP contribution in [0.1, 0.15) is 20.3 Å². The highest BCUT2D eigenvalue weighted by atomic mass is 79.9. The van der Waals surface area contributed by atoms with Crippen LogP contribution in [-0.4, -0.2) is 10.7 Å². The molecule has 0 aliphatic rings. The van der Waals surface area contributed by atoms with E-state index in [2.05, 4.69) is 40.8 Å². The molecule has 0 saturated heterocycles. The molecule has 96 valence electrons. The zero-order valence-corrected chi connectivity index (χ0v) is 13.0. The number of hydrogen-bond acceptors (Lipinski definition) is 3. The average molecular weight is 325 g/mol. The molecular weight excluding hydrogens is 308 g/mol. The third kappa shape index (κ3) is 2.98. The second-order valence-corrected chi connectivity index (χ2v) is 6.50. The van der Waals surface area contributed by atoms with E-state index < -0.39 is 0 Å². The Balaban J connectivity index is 2.37. The first kappa shape index (κ1) is 13.7. The number of anilines is 1. The first-order valence-corrected chi connectivity index (χ1v) is 7.86. The van der Waals surface area contributed by atoms with Gasteiger partial charge in [0.1, 0.15) is 0 Å². The molecule has 0 bridgehead atoms. The second-order valence-electron chi connectivity index (χ2n) is 4.53. The Morgan fingerprint density at radius 3 is 2.94 bits per heavy atom. The Bertz CT molecular complexity index is 557. The number of nitrogens with two attached hydrogens (primary N) is 1. The standard InChI is InChI=1S/C14H17BrN2S/c1-3-9(2)8-18-13-5-4-12(16)11-6-10(15)7-17-14(11)13/h4-7,9H,3,8,16H2,1-2H3. The summed E-state index contributed by atoms with van der Waals surface area (Å²) in [4.78, 5) is 5.71. The lowest BCUT2D eigenvalue weighted by Crippen LogP contribution is -1.96. The molecule has 1 atom stereocenters. The number of aromatic nitrogens is 1. The van der Waals surface area contributed by atoms with E-state index in [0.717, 1.165) is 32.7 Å². The molecule has 4 heteroatoms. The van der Waals surface area contributed by atoms with Crippen molar-refractivity contribution in [2.75, 3.05) is 11.5 Å². The molecule has 0 amide bonds. The number of halogens is 1. The summed E-state index contributed by atoms with van der Waals surface area (Å²) in [5.41, 5.74) is 7.80. The summed E-state index contributed by atoms with van der Waals surface area (Å²) in [7, 11) is 0. The van der Waals surface area contributed by atoms with Crippen LogP contribution < -0.4 is 5.73 Å². The van der Waals surface area contributed by atoms with Crippen molar-refractivity contribution in [2.45, 2.75) is 25.2 Å². The molecular formula is C14H17BrN2S. The van der Waals surface area contributed by atoms with Crippen LogP contribution >= 0.6 is 27.7 Å². The molecule has 2 rings (SSSR count). The lowest BCUT2D eigenvalue weighted by molar-refractivity contribution is 0.637. The van der Waals surface area contributed by atoms with Crippen molar-refractivity contribution in [1.82, 2.24) is 4.98 Å². The van der Waals surface area contributed by atoms with E-state index in [0.29, 0.717) is 0 Å². The number of benzene rings is 1. The van der Waals surface area contributed by atoms with Crippen LogP contribution in [0, 0.1) is 5.92 Å². The Labute approximate surface area is 120 Å². The highest BCUT2D eigenvalue weighted by Gasteiger charge is 2.08. The third-order valence-corrected chi connectivity index (χ3v) is 4.84. The summed E-state index contributed by atoms with van der Waals surface area (Å²) in [5, 5.41) is 1.03. The van der Waals surface area contributed by atoms with Gasteiger partial charge in [-0.2, -0.15) is 0 Å². The van der Waals surface area contributed by atoms with Crippen molar-refractivity contribution >= 4 is 44.3 Å². The van der Waals surface area contributed by atoms with Crippen molar-refractivity contribution in [3.05, 3.63) is 28.9 Å². The molecule has 0 spiro atoms. The highest BCUT2D eigenvalue weighted by Crippen LogP contribution is 2.32. The van der Waals surface area contributed by atoms with Crippen LogP contribution in [0.4, 0.5) is 5.69 Å². The Hall–Kier alpha value is -0.740. The maximum Gasteiger partial charge on any atom is 0.0859 e.